The van der Waals surface area contributed by atoms with Gasteiger partial charge in [0, 0.05) is 5.56 Å². The summed E-state index contributed by atoms with van der Waals surface area (Å²) in [7, 11) is 1.38. The zero-order valence-electron chi connectivity index (χ0n) is 13.4. The molecule has 24 heavy (non-hydrogen) atoms. The lowest BCUT2D eigenvalue weighted by Gasteiger charge is -2.14. The maximum Gasteiger partial charge on any atom is 0.326 e. The van der Waals surface area contributed by atoms with Gasteiger partial charge in [0.15, 0.2) is 18.1 Å². The van der Waals surface area contributed by atoms with Crippen molar-refractivity contribution in [2.24, 2.45) is 5.73 Å². The summed E-state index contributed by atoms with van der Waals surface area (Å²) in [6.07, 6.45) is 3.53. The fraction of sp³-hybridized carbons (Fsp3) is 0.312. The molecule has 0 fully saturated rings. The zero-order chi connectivity index (χ0) is 18.1. The maximum atomic E-state index is 12.2. The number of carbonyl (C=O) groups is 3. The molecule has 4 N–H and O–H groups in total. The Morgan fingerprint density at radius 3 is 2.58 bits per heavy atom. The van der Waals surface area contributed by atoms with Crippen molar-refractivity contribution in [3.05, 3.63) is 35.9 Å². The summed E-state index contributed by atoms with van der Waals surface area (Å²) in [5, 5.41) is 11.6. The van der Waals surface area contributed by atoms with Gasteiger partial charge in [-0.2, -0.15) is 0 Å². The van der Waals surface area contributed by atoms with E-state index in [0.717, 1.165) is 0 Å². The Morgan fingerprint density at radius 2 is 2.04 bits per heavy atom. The van der Waals surface area contributed by atoms with Crippen LogP contribution in [0, 0.1) is 0 Å². The van der Waals surface area contributed by atoms with E-state index in [2.05, 4.69) is 5.32 Å². The number of hydrogen-bond donors (Lipinski definition) is 3. The third-order valence-electron chi connectivity index (χ3n) is 3.01. The fourth-order valence-electron chi connectivity index (χ4n) is 1.81. The SMILES string of the molecule is C/C=C/CC(NC(=O)c1ccc(OCC(N)=O)c(OC)c1)C(=O)O. The van der Waals surface area contributed by atoms with E-state index in [1.807, 2.05) is 0 Å². The average molecular weight is 336 g/mol. The molecule has 0 saturated carbocycles. The second-order valence-electron chi connectivity index (χ2n) is 4.79. The number of nitrogens with one attached hydrogen (secondary N) is 1. The fourth-order valence-corrected chi connectivity index (χ4v) is 1.81. The van der Waals surface area contributed by atoms with Gasteiger partial charge in [-0.3, -0.25) is 9.59 Å². The molecule has 0 aliphatic rings. The molecule has 1 aromatic rings. The number of benzene rings is 1. The summed E-state index contributed by atoms with van der Waals surface area (Å²) < 4.78 is 10.3. The van der Waals surface area contributed by atoms with Gasteiger partial charge in [-0.25, -0.2) is 4.79 Å². The molecule has 0 aliphatic heterocycles. The molecule has 8 heteroatoms. The molecule has 0 aliphatic carbocycles. The molecule has 0 spiro atoms. The van der Waals surface area contributed by atoms with E-state index in [9.17, 15) is 14.4 Å². The monoisotopic (exact) mass is 336 g/mol. The highest BCUT2D eigenvalue weighted by molar-refractivity contribution is 5.97. The number of rotatable bonds is 9. The van der Waals surface area contributed by atoms with Crippen molar-refractivity contribution in [2.45, 2.75) is 19.4 Å². The third-order valence-corrected chi connectivity index (χ3v) is 3.01. The first kappa shape index (κ1) is 19.0. The van der Waals surface area contributed by atoms with E-state index < -0.39 is 23.8 Å². The van der Waals surface area contributed by atoms with Gasteiger partial charge in [0.1, 0.15) is 6.04 Å². The van der Waals surface area contributed by atoms with Crippen LogP contribution in [0.1, 0.15) is 23.7 Å². The lowest BCUT2D eigenvalue weighted by atomic mass is 10.1. The number of methoxy groups -OCH3 is 1. The first-order valence-corrected chi connectivity index (χ1v) is 7.13. The van der Waals surface area contributed by atoms with E-state index in [1.54, 1.807) is 19.1 Å². The number of allylic oxidation sites excluding steroid dienone is 1. The van der Waals surface area contributed by atoms with Gasteiger partial charge in [0.25, 0.3) is 11.8 Å². The number of ether oxygens (including phenoxy) is 2. The van der Waals surface area contributed by atoms with Crippen LogP contribution in [0.25, 0.3) is 0 Å². The third kappa shape index (κ3) is 5.64. The highest BCUT2D eigenvalue weighted by Crippen LogP contribution is 2.28. The molecule has 130 valence electrons. The minimum atomic E-state index is -1.13. The Morgan fingerprint density at radius 1 is 1.33 bits per heavy atom. The predicted octanol–water partition coefficient (Wildman–Crippen LogP) is 0.708. The second kappa shape index (κ2) is 9.19. The number of hydrogen-bond acceptors (Lipinski definition) is 5. The van der Waals surface area contributed by atoms with E-state index in [1.165, 1.54) is 25.3 Å². The summed E-state index contributed by atoms with van der Waals surface area (Å²) in [6.45, 7) is 1.43. The van der Waals surface area contributed by atoms with Crippen molar-refractivity contribution in [3.63, 3.8) is 0 Å². The molecule has 0 aromatic heterocycles. The summed E-state index contributed by atoms with van der Waals surface area (Å²) in [5.41, 5.74) is 5.20. The lowest BCUT2D eigenvalue weighted by molar-refractivity contribution is -0.139. The van der Waals surface area contributed by atoms with E-state index in [4.69, 9.17) is 20.3 Å². The van der Waals surface area contributed by atoms with Gasteiger partial charge >= 0.3 is 5.97 Å². The Labute approximate surface area is 139 Å². The molecule has 1 rings (SSSR count). The molecule has 0 radical (unpaired) electrons. The molecule has 0 saturated heterocycles. The number of carbonyl (C=O) groups excluding carboxylic acids is 2. The molecule has 0 bridgehead atoms. The molecular formula is C16H20N2O6. The first-order valence-electron chi connectivity index (χ1n) is 7.13. The molecular weight excluding hydrogens is 316 g/mol. The molecule has 2 amide bonds. The zero-order valence-corrected chi connectivity index (χ0v) is 13.4. The Kier molecular flexibility index (Phi) is 7.28. The topological polar surface area (TPSA) is 128 Å². The van der Waals surface area contributed by atoms with Crippen molar-refractivity contribution < 1.29 is 29.0 Å². The van der Waals surface area contributed by atoms with Crippen molar-refractivity contribution >= 4 is 17.8 Å². The van der Waals surface area contributed by atoms with E-state index in [-0.39, 0.29) is 30.1 Å². The maximum absolute atomic E-state index is 12.2. The Balaban J connectivity index is 2.90. The van der Waals surface area contributed by atoms with Crippen molar-refractivity contribution in [1.82, 2.24) is 5.32 Å². The lowest BCUT2D eigenvalue weighted by Crippen LogP contribution is -2.40. The van der Waals surface area contributed by atoms with E-state index in [0.29, 0.717) is 0 Å². The van der Waals surface area contributed by atoms with Gasteiger partial charge in [0.2, 0.25) is 0 Å². The minimum Gasteiger partial charge on any atom is -0.493 e. The standard InChI is InChI=1S/C16H20N2O6/c1-3-4-5-11(16(21)22)18-15(20)10-6-7-12(13(8-10)23-2)24-9-14(17)19/h3-4,6-8,11H,5,9H2,1-2H3,(H2,17,19)(H,18,20)(H,21,22)/b4-3+. The van der Waals surface area contributed by atoms with Crippen LogP contribution in [0.5, 0.6) is 11.5 Å². The number of amides is 2. The van der Waals surface area contributed by atoms with Gasteiger partial charge < -0.3 is 25.6 Å². The quantitative estimate of drug-likeness (QED) is 0.570. The summed E-state index contributed by atoms with van der Waals surface area (Å²) in [5.74, 6) is -1.87. The number of nitrogens with two attached hydrogens (primary N) is 1. The van der Waals surface area contributed by atoms with Gasteiger partial charge in [-0.1, -0.05) is 12.2 Å². The van der Waals surface area contributed by atoms with Crippen LogP contribution in [-0.4, -0.2) is 42.6 Å². The van der Waals surface area contributed by atoms with Crippen molar-refractivity contribution in [2.75, 3.05) is 13.7 Å². The number of carboxylic acid groups (broad SMARTS) is 1. The molecule has 1 atom stereocenters. The molecule has 0 heterocycles. The van der Waals surface area contributed by atoms with Crippen LogP contribution in [-0.2, 0) is 9.59 Å². The van der Waals surface area contributed by atoms with Crippen LogP contribution in [0.15, 0.2) is 30.4 Å². The summed E-state index contributed by atoms with van der Waals surface area (Å²) in [6, 6.07) is 3.23. The first-order chi connectivity index (χ1) is 11.4. The van der Waals surface area contributed by atoms with Gasteiger partial charge in [-0.05, 0) is 31.5 Å². The van der Waals surface area contributed by atoms with Crippen LogP contribution in [0.2, 0.25) is 0 Å². The highest BCUT2D eigenvalue weighted by Gasteiger charge is 2.20. The van der Waals surface area contributed by atoms with Crippen LogP contribution < -0.4 is 20.5 Å². The summed E-state index contributed by atoms with van der Waals surface area (Å²) in [4.78, 5) is 34.1. The molecule has 1 unspecified atom stereocenters. The smallest absolute Gasteiger partial charge is 0.326 e. The normalized spacial score (nSPS) is 11.8. The van der Waals surface area contributed by atoms with Crippen molar-refractivity contribution in [3.8, 4) is 11.5 Å². The molecule has 8 nitrogen and oxygen atoms in total. The largest absolute Gasteiger partial charge is 0.493 e. The van der Waals surface area contributed by atoms with Crippen LogP contribution in [0.3, 0.4) is 0 Å². The second-order valence-corrected chi connectivity index (χ2v) is 4.79. The predicted molar refractivity (Wildman–Crippen MR) is 86.0 cm³/mol. The Bertz CT molecular complexity index is 641. The summed E-state index contributed by atoms with van der Waals surface area (Å²) >= 11 is 0. The van der Waals surface area contributed by atoms with Gasteiger partial charge in [-0.15, -0.1) is 0 Å². The Hall–Kier alpha value is -3.03. The van der Waals surface area contributed by atoms with E-state index >= 15 is 0 Å². The van der Waals surface area contributed by atoms with Crippen LogP contribution in [0.4, 0.5) is 0 Å². The number of primary amides is 1. The number of aliphatic carboxylic acids is 1. The highest BCUT2D eigenvalue weighted by atomic mass is 16.5. The van der Waals surface area contributed by atoms with Crippen LogP contribution >= 0.6 is 0 Å². The average Bonchev–Trinajstić information content (AvgIpc) is 2.55. The van der Waals surface area contributed by atoms with Gasteiger partial charge in [0.05, 0.1) is 7.11 Å². The number of carboxylic acids is 1. The minimum absolute atomic E-state index is 0.175. The van der Waals surface area contributed by atoms with Crippen molar-refractivity contribution in [1.29, 1.82) is 0 Å². The molecule has 1 aromatic carbocycles.